The maximum absolute atomic E-state index is 11.5. The number of hydrogen-bond donors (Lipinski definition) is 1. The van der Waals surface area contributed by atoms with Crippen LogP contribution in [0.1, 0.15) is 12.7 Å². The van der Waals surface area contributed by atoms with Crippen molar-refractivity contribution in [2.75, 3.05) is 12.3 Å². The van der Waals surface area contributed by atoms with Crippen molar-refractivity contribution in [1.82, 2.24) is 20.1 Å². The normalized spacial score (nSPS) is 10.5. The Balaban J connectivity index is 1.93. The number of carbonyl (C=O) groups is 1. The van der Waals surface area contributed by atoms with E-state index in [0.717, 1.165) is 0 Å². The van der Waals surface area contributed by atoms with E-state index in [1.54, 1.807) is 16.7 Å². The van der Waals surface area contributed by atoms with E-state index < -0.39 is 0 Å². The van der Waals surface area contributed by atoms with Crippen LogP contribution >= 0.6 is 23.4 Å². The molecule has 0 aliphatic rings. The molecule has 1 aromatic carbocycles. The van der Waals surface area contributed by atoms with Crippen LogP contribution in [0, 0.1) is 0 Å². The van der Waals surface area contributed by atoms with Gasteiger partial charge in [-0.2, -0.15) is 0 Å². The Kier molecular flexibility index (Phi) is 6.09. The summed E-state index contributed by atoms with van der Waals surface area (Å²) in [4.78, 5) is 11.5. The Hall–Kier alpha value is -1.73. The summed E-state index contributed by atoms with van der Waals surface area (Å²) in [6.07, 6.45) is 0. The Morgan fingerprint density at radius 3 is 2.91 bits per heavy atom. The molecule has 6 nitrogen and oxygen atoms in total. The Labute approximate surface area is 138 Å². The molecule has 0 aliphatic carbocycles. The maximum atomic E-state index is 11.5. The van der Waals surface area contributed by atoms with E-state index in [4.69, 9.17) is 16.3 Å². The molecule has 0 saturated carbocycles. The van der Waals surface area contributed by atoms with Crippen LogP contribution in [0.5, 0.6) is 5.75 Å². The van der Waals surface area contributed by atoms with E-state index in [0.29, 0.717) is 34.1 Å². The number of benzene rings is 1. The first kappa shape index (κ1) is 16.6. The van der Waals surface area contributed by atoms with Crippen LogP contribution < -0.4 is 10.1 Å². The van der Waals surface area contributed by atoms with Crippen LogP contribution in [0.3, 0.4) is 0 Å². The number of para-hydroxylation sites is 1. The van der Waals surface area contributed by atoms with Crippen molar-refractivity contribution in [1.29, 1.82) is 0 Å². The van der Waals surface area contributed by atoms with Crippen LogP contribution in [0.4, 0.5) is 0 Å². The molecule has 0 atom stereocenters. The third kappa shape index (κ3) is 4.38. The molecule has 0 radical (unpaired) electrons. The van der Waals surface area contributed by atoms with Crippen molar-refractivity contribution in [3.63, 3.8) is 0 Å². The SMILES string of the molecule is CCNC(=O)CSc1nnc(COc2ccccc2Cl)n1C. The molecule has 1 heterocycles. The molecule has 1 aromatic heterocycles. The van der Waals surface area contributed by atoms with E-state index >= 15 is 0 Å². The predicted octanol–water partition coefficient (Wildman–Crippen LogP) is 2.28. The number of nitrogens with zero attached hydrogens (tertiary/aromatic N) is 3. The molecule has 0 fully saturated rings. The van der Waals surface area contributed by atoms with Crippen molar-refractivity contribution < 1.29 is 9.53 Å². The third-order valence-corrected chi connectivity index (χ3v) is 4.16. The highest BCUT2D eigenvalue weighted by molar-refractivity contribution is 7.99. The molecule has 0 unspecified atom stereocenters. The fraction of sp³-hybridized carbons (Fsp3) is 0.357. The van der Waals surface area contributed by atoms with Gasteiger partial charge in [0.25, 0.3) is 0 Å². The number of thioether (sulfide) groups is 1. The lowest BCUT2D eigenvalue weighted by molar-refractivity contribution is -0.118. The first-order valence-corrected chi connectivity index (χ1v) is 8.13. The van der Waals surface area contributed by atoms with Gasteiger partial charge in [-0.15, -0.1) is 10.2 Å². The zero-order valence-electron chi connectivity index (χ0n) is 12.4. The number of carbonyl (C=O) groups excluding carboxylic acids is 1. The van der Waals surface area contributed by atoms with Crippen molar-refractivity contribution >= 4 is 29.3 Å². The molecule has 0 aliphatic heterocycles. The van der Waals surface area contributed by atoms with Gasteiger partial charge in [0.15, 0.2) is 11.0 Å². The predicted molar refractivity (Wildman–Crippen MR) is 86.2 cm³/mol. The molecular weight excluding hydrogens is 324 g/mol. The lowest BCUT2D eigenvalue weighted by Crippen LogP contribution is -2.24. The van der Waals surface area contributed by atoms with Gasteiger partial charge in [-0.25, -0.2) is 0 Å². The van der Waals surface area contributed by atoms with Gasteiger partial charge in [-0.1, -0.05) is 35.5 Å². The molecular formula is C14H17ClN4O2S. The number of ether oxygens (including phenoxy) is 1. The minimum Gasteiger partial charge on any atom is -0.484 e. The summed E-state index contributed by atoms with van der Waals surface area (Å²) < 4.78 is 7.44. The fourth-order valence-corrected chi connectivity index (χ4v) is 2.63. The monoisotopic (exact) mass is 340 g/mol. The quantitative estimate of drug-likeness (QED) is 0.783. The zero-order chi connectivity index (χ0) is 15.9. The summed E-state index contributed by atoms with van der Waals surface area (Å²) in [5.74, 6) is 1.55. The largest absolute Gasteiger partial charge is 0.484 e. The highest BCUT2D eigenvalue weighted by Crippen LogP contribution is 2.24. The molecule has 0 bridgehead atoms. The molecule has 0 spiro atoms. The first-order valence-electron chi connectivity index (χ1n) is 6.77. The average Bonchev–Trinajstić information content (AvgIpc) is 2.85. The number of amides is 1. The van der Waals surface area contributed by atoms with Crippen molar-refractivity contribution in [2.45, 2.75) is 18.7 Å². The van der Waals surface area contributed by atoms with Crippen molar-refractivity contribution in [3.8, 4) is 5.75 Å². The standard InChI is InChI=1S/C14H17ClN4O2S/c1-3-16-13(20)9-22-14-18-17-12(19(14)2)8-21-11-7-5-4-6-10(11)15/h4-7H,3,8-9H2,1-2H3,(H,16,20). The van der Waals surface area contributed by atoms with Crippen LogP contribution in [0.2, 0.25) is 5.02 Å². The van der Waals surface area contributed by atoms with E-state index in [2.05, 4.69) is 15.5 Å². The highest BCUT2D eigenvalue weighted by atomic mass is 35.5. The summed E-state index contributed by atoms with van der Waals surface area (Å²) in [7, 11) is 1.84. The van der Waals surface area contributed by atoms with Crippen molar-refractivity contribution in [2.24, 2.45) is 7.05 Å². The number of rotatable bonds is 7. The van der Waals surface area contributed by atoms with Gasteiger partial charge in [0.2, 0.25) is 5.91 Å². The van der Waals surface area contributed by atoms with E-state index in [9.17, 15) is 4.79 Å². The fourth-order valence-electron chi connectivity index (χ4n) is 1.68. The van der Waals surface area contributed by atoms with Crippen LogP contribution in [-0.4, -0.2) is 33.0 Å². The minimum absolute atomic E-state index is 0.0237. The molecule has 118 valence electrons. The number of hydrogen-bond acceptors (Lipinski definition) is 5. The van der Waals surface area contributed by atoms with Gasteiger partial charge >= 0.3 is 0 Å². The van der Waals surface area contributed by atoms with Gasteiger partial charge < -0.3 is 14.6 Å². The number of aromatic nitrogens is 3. The summed E-state index contributed by atoms with van der Waals surface area (Å²) in [6, 6.07) is 7.25. The zero-order valence-corrected chi connectivity index (χ0v) is 13.9. The van der Waals surface area contributed by atoms with Crippen molar-refractivity contribution in [3.05, 3.63) is 35.1 Å². The average molecular weight is 341 g/mol. The molecule has 1 N–H and O–H groups in total. The summed E-state index contributed by atoms with van der Waals surface area (Å²) in [5.41, 5.74) is 0. The topological polar surface area (TPSA) is 69.0 Å². The smallest absolute Gasteiger partial charge is 0.230 e. The van der Waals surface area contributed by atoms with Gasteiger partial charge in [0.05, 0.1) is 10.8 Å². The summed E-state index contributed by atoms with van der Waals surface area (Å²) >= 11 is 7.37. The maximum Gasteiger partial charge on any atom is 0.230 e. The molecule has 2 rings (SSSR count). The molecule has 22 heavy (non-hydrogen) atoms. The molecule has 0 saturated heterocycles. The van der Waals surface area contributed by atoms with Gasteiger partial charge in [0, 0.05) is 13.6 Å². The van der Waals surface area contributed by atoms with Crippen LogP contribution in [0.15, 0.2) is 29.4 Å². The second-order valence-corrected chi connectivity index (χ2v) is 5.77. The lowest BCUT2D eigenvalue weighted by atomic mass is 10.3. The summed E-state index contributed by atoms with van der Waals surface area (Å²) in [5, 5.41) is 12.1. The molecule has 8 heteroatoms. The van der Waals surface area contributed by atoms with E-state index in [1.807, 2.05) is 26.1 Å². The van der Waals surface area contributed by atoms with Gasteiger partial charge in [-0.05, 0) is 19.1 Å². The minimum atomic E-state index is -0.0237. The second-order valence-electron chi connectivity index (χ2n) is 4.42. The van der Waals surface area contributed by atoms with Crippen LogP contribution in [0.25, 0.3) is 0 Å². The Bertz CT molecular complexity index is 648. The second kappa shape index (κ2) is 8.05. The number of halogens is 1. The van der Waals surface area contributed by atoms with Gasteiger partial charge in [-0.3, -0.25) is 4.79 Å². The summed E-state index contributed by atoms with van der Waals surface area (Å²) in [6.45, 7) is 2.76. The van der Waals surface area contributed by atoms with E-state index in [1.165, 1.54) is 11.8 Å². The Morgan fingerprint density at radius 2 is 2.18 bits per heavy atom. The number of nitrogens with one attached hydrogen (secondary N) is 1. The lowest BCUT2D eigenvalue weighted by Gasteiger charge is -2.07. The highest BCUT2D eigenvalue weighted by Gasteiger charge is 2.12. The third-order valence-electron chi connectivity index (χ3n) is 2.82. The van der Waals surface area contributed by atoms with Crippen LogP contribution in [-0.2, 0) is 18.4 Å². The first-order chi connectivity index (χ1) is 10.6. The van der Waals surface area contributed by atoms with E-state index in [-0.39, 0.29) is 12.5 Å². The van der Waals surface area contributed by atoms with Gasteiger partial charge in [0.1, 0.15) is 12.4 Å². The molecule has 2 aromatic rings. The Morgan fingerprint density at radius 1 is 1.41 bits per heavy atom. The molecule has 1 amide bonds.